The Balaban J connectivity index is 2.14. The third kappa shape index (κ3) is 3.89. The minimum absolute atomic E-state index is 0.0223. The highest BCUT2D eigenvalue weighted by molar-refractivity contribution is 7.12. The Morgan fingerprint density at radius 2 is 2.13 bits per heavy atom. The van der Waals surface area contributed by atoms with Gasteiger partial charge in [0, 0.05) is 6.08 Å². The van der Waals surface area contributed by atoms with E-state index in [0.29, 0.717) is 21.9 Å². The van der Waals surface area contributed by atoms with Crippen molar-refractivity contribution in [2.45, 2.75) is 6.92 Å². The number of carbonyl (C=O) groups excluding carboxylic acids is 2. The van der Waals surface area contributed by atoms with Crippen LogP contribution in [0.25, 0.3) is 6.08 Å². The summed E-state index contributed by atoms with van der Waals surface area (Å²) in [7, 11) is 1.44. The molecule has 6 nitrogen and oxygen atoms in total. The predicted octanol–water partition coefficient (Wildman–Crippen LogP) is 2.52. The Labute approximate surface area is 137 Å². The maximum absolute atomic E-state index is 12.0. The molecule has 0 spiro atoms. The lowest BCUT2D eigenvalue weighted by atomic mass is 10.2. The summed E-state index contributed by atoms with van der Waals surface area (Å²) in [5.41, 5.74) is 7.17. The summed E-state index contributed by atoms with van der Waals surface area (Å²) in [5, 5.41) is 13.9. The molecule has 23 heavy (non-hydrogen) atoms. The molecular weight excluding hydrogens is 316 g/mol. The van der Waals surface area contributed by atoms with Crippen LogP contribution in [-0.4, -0.2) is 24.0 Å². The summed E-state index contributed by atoms with van der Waals surface area (Å²) in [5.74, 6) is -0.627. The van der Waals surface area contributed by atoms with Crippen LogP contribution in [0, 0.1) is 6.92 Å². The summed E-state index contributed by atoms with van der Waals surface area (Å²) in [6.45, 7) is 1.78. The zero-order valence-corrected chi connectivity index (χ0v) is 13.4. The summed E-state index contributed by atoms with van der Waals surface area (Å²) in [4.78, 5) is 23.6. The number of anilines is 1. The van der Waals surface area contributed by atoms with E-state index in [1.807, 2.05) is 0 Å². The molecule has 120 valence electrons. The normalized spacial score (nSPS) is 10.7. The second-order valence-corrected chi connectivity index (χ2v) is 5.62. The van der Waals surface area contributed by atoms with Gasteiger partial charge in [-0.05, 0) is 41.6 Å². The van der Waals surface area contributed by atoms with E-state index in [9.17, 15) is 14.7 Å². The Kier molecular flexibility index (Phi) is 5.02. The van der Waals surface area contributed by atoms with Crippen LogP contribution in [0.4, 0.5) is 5.69 Å². The number of nitrogens with one attached hydrogen (secondary N) is 1. The van der Waals surface area contributed by atoms with Gasteiger partial charge >= 0.3 is 0 Å². The molecule has 0 radical (unpaired) electrons. The van der Waals surface area contributed by atoms with Gasteiger partial charge in [0.05, 0.1) is 12.8 Å². The first-order valence-corrected chi connectivity index (χ1v) is 7.54. The van der Waals surface area contributed by atoms with Crippen molar-refractivity contribution in [3.05, 3.63) is 45.7 Å². The lowest BCUT2D eigenvalue weighted by molar-refractivity contribution is -0.111. The molecule has 0 fully saturated rings. The number of thiophene rings is 1. The molecule has 1 aromatic heterocycles. The smallest absolute Gasteiger partial charge is 0.260 e. The molecule has 1 aromatic carbocycles. The third-order valence-electron chi connectivity index (χ3n) is 3.08. The van der Waals surface area contributed by atoms with E-state index in [1.54, 1.807) is 30.5 Å². The van der Waals surface area contributed by atoms with Crippen LogP contribution in [-0.2, 0) is 4.79 Å². The van der Waals surface area contributed by atoms with E-state index in [0.717, 1.165) is 5.56 Å². The molecule has 0 aliphatic heterocycles. The number of hydrogen-bond donors (Lipinski definition) is 3. The van der Waals surface area contributed by atoms with Crippen molar-refractivity contribution in [2.24, 2.45) is 5.73 Å². The van der Waals surface area contributed by atoms with E-state index in [4.69, 9.17) is 10.5 Å². The van der Waals surface area contributed by atoms with Crippen molar-refractivity contribution < 1.29 is 19.4 Å². The molecule has 0 atom stereocenters. The first kappa shape index (κ1) is 16.6. The summed E-state index contributed by atoms with van der Waals surface area (Å²) >= 11 is 1.19. The van der Waals surface area contributed by atoms with Crippen molar-refractivity contribution in [1.29, 1.82) is 0 Å². The van der Waals surface area contributed by atoms with E-state index in [2.05, 4.69) is 5.32 Å². The molecule has 1 heterocycles. The lowest BCUT2D eigenvalue weighted by Crippen LogP contribution is -2.15. The zero-order valence-electron chi connectivity index (χ0n) is 12.6. The Morgan fingerprint density at radius 3 is 2.78 bits per heavy atom. The maximum Gasteiger partial charge on any atom is 0.260 e. The molecule has 0 aliphatic rings. The largest absolute Gasteiger partial charge is 0.504 e. The Hall–Kier alpha value is -2.80. The first-order valence-electron chi connectivity index (χ1n) is 6.66. The summed E-state index contributed by atoms with van der Waals surface area (Å²) in [6, 6.07) is 4.72. The second kappa shape index (κ2) is 6.97. The molecule has 2 rings (SSSR count). The molecule has 0 saturated carbocycles. The quantitative estimate of drug-likeness (QED) is 0.732. The standard InChI is InChI=1S/C16H16N2O4S/c1-9-8-23-15(16(17)21)14(9)18-13(20)6-4-10-3-5-11(19)12(7-10)22-2/h3-8,19H,1-2H3,(H2,17,21)(H,18,20)/b6-4+. The van der Waals surface area contributed by atoms with Gasteiger partial charge in [-0.2, -0.15) is 0 Å². The molecule has 0 aliphatic carbocycles. The van der Waals surface area contributed by atoms with Crippen LogP contribution in [0.2, 0.25) is 0 Å². The van der Waals surface area contributed by atoms with E-state index >= 15 is 0 Å². The van der Waals surface area contributed by atoms with Gasteiger partial charge in [-0.1, -0.05) is 6.07 Å². The Bertz CT molecular complexity index is 780. The highest BCUT2D eigenvalue weighted by atomic mass is 32.1. The van der Waals surface area contributed by atoms with Gasteiger partial charge in [0.25, 0.3) is 5.91 Å². The number of phenolic OH excluding ortho intramolecular Hbond substituents is 1. The van der Waals surface area contributed by atoms with Crippen LogP contribution in [0.15, 0.2) is 29.7 Å². The van der Waals surface area contributed by atoms with Gasteiger partial charge in [0.2, 0.25) is 5.91 Å². The molecule has 2 amide bonds. The maximum atomic E-state index is 12.0. The number of phenols is 1. The van der Waals surface area contributed by atoms with Gasteiger partial charge < -0.3 is 20.9 Å². The number of aromatic hydroxyl groups is 1. The predicted molar refractivity (Wildman–Crippen MR) is 89.9 cm³/mol. The minimum Gasteiger partial charge on any atom is -0.504 e. The average molecular weight is 332 g/mol. The monoisotopic (exact) mass is 332 g/mol. The molecule has 7 heteroatoms. The number of carbonyl (C=O) groups is 2. The molecule has 0 saturated heterocycles. The number of benzene rings is 1. The van der Waals surface area contributed by atoms with Crippen LogP contribution in [0.5, 0.6) is 11.5 Å². The van der Waals surface area contributed by atoms with Crippen LogP contribution < -0.4 is 15.8 Å². The van der Waals surface area contributed by atoms with Crippen molar-refractivity contribution in [3.8, 4) is 11.5 Å². The molecular formula is C16H16N2O4S. The molecule has 0 bridgehead atoms. The van der Waals surface area contributed by atoms with Crippen LogP contribution >= 0.6 is 11.3 Å². The number of amides is 2. The number of methoxy groups -OCH3 is 1. The summed E-state index contributed by atoms with van der Waals surface area (Å²) in [6.07, 6.45) is 2.90. The number of aryl methyl sites for hydroxylation is 1. The fraction of sp³-hybridized carbons (Fsp3) is 0.125. The fourth-order valence-electron chi connectivity index (χ4n) is 1.92. The highest BCUT2D eigenvalue weighted by Crippen LogP contribution is 2.28. The summed E-state index contributed by atoms with van der Waals surface area (Å²) < 4.78 is 5.00. The number of ether oxygens (including phenoxy) is 1. The lowest BCUT2D eigenvalue weighted by Gasteiger charge is -2.05. The number of hydrogen-bond acceptors (Lipinski definition) is 5. The SMILES string of the molecule is COc1cc(/C=C/C(=O)Nc2c(C)csc2C(N)=O)ccc1O. The van der Waals surface area contributed by atoms with Crippen molar-refractivity contribution in [3.63, 3.8) is 0 Å². The molecule has 2 aromatic rings. The zero-order chi connectivity index (χ0) is 17.0. The number of nitrogens with two attached hydrogens (primary N) is 1. The van der Waals surface area contributed by atoms with E-state index in [1.165, 1.54) is 30.6 Å². The Morgan fingerprint density at radius 1 is 1.39 bits per heavy atom. The first-order chi connectivity index (χ1) is 10.9. The van der Waals surface area contributed by atoms with Gasteiger partial charge in [0.15, 0.2) is 11.5 Å². The number of rotatable bonds is 5. The third-order valence-corrected chi connectivity index (χ3v) is 4.19. The van der Waals surface area contributed by atoms with Crippen LogP contribution in [0.1, 0.15) is 20.8 Å². The van der Waals surface area contributed by atoms with Gasteiger partial charge in [-0.3, -0.25) is 9.59 Å². The van der Waals surface area contributed by atoms with Crippen molar-refractivity contribution in [1.82, 2.24) is 0 Å². The highest BCUT2D eigenvalue weighted by Gasteiger charge is 2.14. The van der Waals surface area contributed by atoms with Crippen molar-refractivity contribution >= 4 is 34.9 Å². The number of primary amides is 1. The van der Waals surface area contributed by atoms with Crippen molar-refractivity contribution in [2.75, 3.05) is 12.4 Å². The minimum atomic E-state index is -0.578. The van der Waals surface area contributed by atoms with E-state index < -0.39 is 5.91 Å². The fourth-order valence-corrected chi connectivity index (χ4v) is 2.77. The van der Waals surface area contributed by atoms with Gasteiger partial charge in [0.1, 0.15) is 4.88 Å². The van der Waals surface area contributed by atoms with Gasteiger partial charge in [-0.25, -0.2) is 0 Å². The van der Waals surface area contributed by atoms with Crippen LogP contribution in [0.3, 0.4) is 0 Å². The molecule has 4 N–H and O–H groups in total. The average Bonchev–Trinajstić information content (AvgIpc) is 2.87. The van der Waals surface area contributed by atoms with Gasteiger partial charge in [-0.15, -0.1) is 11.3 Å². The molecule has 0 unspecified atom stereocenters. The van der Waals surface area contributed by atoms with E-state index in [-0.39, 0.29) is 11.7 Å². The second-order valence-electron chi connectivity index (χ2n) is 4.74. The topological polar surface area (TPSA) is 102 Å².